The lowest BCUT2D eigenvalue weighted by molar-refractivity contribution is -0.143. The van der Waals surface area contributed by atoms with Crippen LogP contribution in [0.1, 0.15) is 42.5 Å². The minimum atomic E-state index is -0.791. The van der Waals surface area contributed by atoms with Crippen LogP contribution in [0.5, 0.6) is 5.88 Å². The second-order valence-corrected chi connectivity index (χ2v) is 8.17. The van der Waals surface area contributed by atoms with E-state index in [0.29, 0.717) is 41.4 Å². The number of aliphatic carboxylic acids is 1. The number of nitrogens with one attached hydrogen (secondary N) is 1. The van der Waals surface area contributed by atoms with Crippen LogP contribution in [0.2, 0.25) is 0 Å². The number of rotatable bonds is 8. The van der Waals surface area contributed by atoms with Crippen molar-refractivity contribution in [2.24, 2.45) is 5.92 Å². The first kappa shape index (κ1) is 23.2. The summed E-state index contributed by atoms with van der Waals surface area (Å²) in [6.45, 7) is 2.09. The number of alkyl carbamates (subject to hydrolysis) is 1. The van der Waals surface area contributed by atoms with E-state index in [4.69, 9.17) is 14.0 Å². The highest BCUT2D eigenvalue weighted by Gasteiger charge is 2.28. The van der Waals surface area contributed by atoms with E-state index >= 15 is 0 Å². The van der Waals surface area contributed by atoms with Crippen LogP contribution < -0.4 is 10.1 Å². The van der Waals surface area contributed by atoms with Crippen molar-refractivity contribution in [1.29, 1.82) is 0 Å². The number of ether oxygens (including phenoxy) is 2. The van der Waals surface area contributed by atoms with E-state index in [2.05, 4.69) is 20.4 Å². The van der Waals surface area contributed by atoms with Gasteiger partial charge in [-0.2, -0.15) is 0 Å². The number of hydrogen-bond acceptors (Lipinski definition) is 8. The van der Waals surface area contributed by atoms with Gasteiger partial charge in [-0.15, -0.1) is 0 Å². The summed E-state index contributed by atoms with van der Waals surface area (Å²) in [4.78, 5) is 32.0. The molecule has 0 unspecified atom stereocenters. The predicted octanol–water partition coefficient (Wildman–Crippen LogP) is 3.89. The maximum atomic E-state index is 12.1. The van der Waals surface area contributed by atoms with Crippen LogP contribution in [-0.4, -0.2) is 38.4 Å². The maximum Gasteiger partial charge on any atom is 0.407 e. The van der Waals surface area contributed by atoms with Gasteiger partial charge in [0.05, 0.1) is 30.6 Å². The fourth-order valence-corrected chi connectivity index (χ4v) is 3.87. The van der Waals surface area contributed by atoms with Crippen molar-refractivity contribution in [3.8, 4) is 17.3 Å². The van der Waals surface area contributed by atoms with Gasteiger partial charge in [0.15, 0.2) is 5.76 Å². The van der Waals surface area contributed by atoms with Crippen molar-refractivity contribution in [2.75, 3.05) is 0 Å². The number of aromatic nitrogens is 3. The topological polar surface area (TPSA) is 137 Å². The Morgan fingerprint density at radius 1 is 1.18 bits per heavy atom. The summed E-state index contributed by atoms with van der Waals surface area (Å²) in [5, 5.41) is 15.9. The molecule has 2 N–H and O–H groups in total. The molecule has 2 heterocycles. The summed E-state index contributed by atoms with van der Waals surface area (Å²) >= 11 is 0. The third-order valence-corrected chi connectivity index (χ3v) is 5.73. The maximum absolute atomic E-state index is 12.1. The number of carbonyl (C=O) groups is 2. The minimum Gasteiger partial charge on any atom is -0.481 e. The molecule has 10 heteroatoms. The molecule has 34 heavy (non-hydrogen) atoms. The molecule has 1 amide bonds. The zero-order valence-corrected chi connectivity index (χ0v) is 18.8. The number of hydrogen-bond donors (Lipinski definition) is 2. The Morgan fingerprint density at radius 3 is 2.74 bits per heavy atom. The Bertz CT molecular complexity index is 1120. The van der Waals surface area contributed by atoms with E-state index in [1.165, 1.54) is 12.4 Å². The third-order valence-electron chi connectivity index (χ3n) is 5.73. The van der Waals surface area contributed by atoms with Gasteiger partial charge in [-0.05, 0) is 38.2 Å². The van der Waals surface area contributed by atoms with Gasteiger partial charge in [0.25, 0.3) is 0 Å². The highest BCUT2D eigenvalue weighted by atomic mass is 16.5. The normalized spacial score (nSPS) is 17.7. The van der Waals surface area contributed by atoms with Crippen molar-refractivity contribution in [3.05, 3.63) is 59.5 Å². The zero-order valence-electron chi connectivity index (χ0n) is 18.8. The summed E-state index contributed by atoms with van der Waals surface area (Å²) in [5.74, 6) is -0.471. The van der Waals surface area contributed by atoms with Crippen molar-refractivity contribution in [1.82, 2.24) is 20.4 Å². The summed E-state index contributed by atoms with van der Waals surface area (Å²) < 4.78 is 16.5. The van der Waals surface area contributed by atoms with Crippen LogP contribution in [-0.2, 0) is 22.7 Å². The van der Waals surface area contributed by atoms with Crippen LogP contribution in [0.3, 0.4) is 0 Å². The molecule has 178 valence electrons. The predicted molar refractivity (Wildman–Crippen MR) is 120 cm³/mol. The van der Waals surface area contributed by atoms with Gasteiger partial charge < -0.3 is 24.4 Å². The standard InChI is InChI=1S/C24H26N4O6/c1-15-19(11-27-24(31)32-14-16-6-3-2-4-7-16)22(34-28-15)20-12-26-21(13-25-20)33-18-9-5-8-17(10-18)23(29)30/h2-4,6-7,12-13,17-18H,5,8-11,14H2,1H3,(H,27,31)(H,29,30)/t17-,18-/m0/s1. The van der Waals surface area contributed by atoms with Gasteiger partial charge >= 0.3 is 12.1 Å². The van der Waals surface area contributed by atoms with Crippen LogP contribution in [0, 0.1) is 12.8 Å². The summed E-state index contributed by atoms with van der Waals surface area (Å²) in [7, 11) is 0. The Balaban J connectivity index is 1.34. The molecule has 3 aromatic rings. The lowest BCUT2D eigenvalue weighted by Crippen LogP contribution is -2.29. The molecular weight excluding hydrogens is 440 g/mol. The monoisotopic (exact) mass is 466 g/mol. The van der Waals surface area contributed by atoms with Crippen molar-refractivity contribution in [2.45, 2.75) is 51.9 Å². The van der Waals surface area contributed by atoms with E-state index in [1.807, 2.05) is 30.3 Å². The largest absolute Gasteiger partial charge is 0.481 e. The van der Waals surface area contributed by atoms with E-state index in [9.17, 15) is 14.7 Å². The Kier molecular flexibility index (Phi) is 7.36. The van der Waals surface area contributed by atoms with Gasteiger partial charge in [-0.25, -0.2) is 14.8 Å². The summed E-state index contributed by atoms with van der Waals surface area (Å²) in [6.07, 6.45) is 4.92. The first-order valence-electron chi connectivity index (χ1n) is 11.1. The number of amides is 1. The fraction of sp³-hybridized carbons (Fsp3) is 0.375. The second kappa shape index (κ2) is 10.8. The first-order chi connectivity index (χ1) is 16.5. The van der Waals surface area contributed by atoms with Crippen molar-refractivity contribution >= 4 is 12.1 Å². The molecular formula is C24H26N4O6. The number of aryl methyl sites for hydroxylation is 1. The van der Waals surface area contributed by atoms with Gasteiger partial charge in [0.1, 0.15) is 18.4 Å². The van der Waals surface area contributed by atoms with Crippen LogP contribution in [0.15, 0.2) is 47.2 Å². The Morgan fingerprint density at radius 2 is 2.00 bits per heavy atom. The molecule has 0 aliphatic heterocycles. The Hall–Kier alpha value is -3.95. The molecule has 1 fully saturated rings. The highest BCUT2D eigenvalue weighted by Crippen LogP contribution is 2.28. The van der Waals surface area contributed by atoms with Crippen molar-refractivity contribution < 1.29 is 28.7 Å². The number of nitrogens with zero attached hydrogens (tertiary/aromatic N) is 3. The molecule has 0 bridgehead atoms. The molecule has 0 radical (unpaired) electrons. The quantitative estimate of drug-likeness (QED) is 0.506. The van der Waals surface area contributed by atoms with E-state index < -0.39 is 18.0 Å². The highest BCUT2D eigenvalue weighted by molar-refractivity contribution is 5.70. The van der Waals surface area contributed by atoms with Gasteiger partial charge in [0, 0.05) is 5.56 Å². The van der Waals surface area contributed by atoms with Gasteiger partial charge in [-0.3, -0.25) is 4.79 Å². The third kappa shape index (κ3) is 5.89. The van der Waals surface area contributed by atoms with Crippen LogP contribution in [0.4, 0.5) is 4.79 Å². The lowest BCUT2D eigenvalue weighted by Gasteiger charge is -2.26. The van der Waals surface area contributed by atoms with E-state index in [1.54, 1.807) is 6.92 Å². The van der Waals surface area contributed by atoms with E-state index in [0.717, 1.165) is 18.4 Å². The molecule has 10 nitrogen and oxygen atoms in total. The first-order valence-corrected chi connectivity index (χ1v) is 11.1. The molecule has 4 rings (SSSR count). The molecule has 1 aliphatic rings. The van der Waals surface area contributed by atoms with E-state index in [-0.39, 0.29) is 19.3 Å². The average molecular weight is 466 g/mol. The zero-order chi connectivity index (χ0) is 23.9. The summed E-state index contributed by atoms with van der Waals surface area (Å²) in [6, 6.07) is 9.40. The van der Waals surface area contributed by atoms with Crippen LogP contribution >= 0.6 is 0 Å². The lowest BCUT2D eigenvalue weighted by atomic mass is 9.87. The number of carboxylic acids is 1. The average Bonchev–Trinajstić information content (AvgIpc) is 3.23. The van der Waals surface area contributed by atoms with Gasteiger partial charge in [-0.1, -0.05) is 35.5 Å². The molecule has 1 saturated carbocycles. The number of carboxylic acid groups (broad SMARTS) is 1. The number of benzene rings is 1. The second-order valence-electron chi connectivity index (χ2n) is 8.17. The summed E-state index contributed by atoms with van der Waals surface area (Å²) in [5.41, 5.74) is 2.61. The fourth-order valence-electron chi connectivity index (χ4n) is 3.87. The molecule has 2 atom stereocenters. The van der Waals surface area contributed by atoms with Gasteiger partial charge in [0.2, 0.25) is 5.88 Å². The SMILES string of the molecule is Cc1noc(-c2cnc(O[C@H]3CCC[C@H](C(=O)O)C3)cn2)c1CNC(=O)OCc1ccccc1. The Labute approximate surface area is 196 Å². The van der Waals surface area contributed by atoms with Crippen LogP contribution in [0.25, 0.3) is 11.5 Å². The molecule has 0 saturated heterocycles. The molecule has 0 spiro atoms. The smallest absolute Gasteiger partial charge is 0.407 e. The molecule has 2 aromatic heterocycles. The number of carbonyl (C=O) groups excluding carboxylic acids is 1. The van der Waals surface area contributed by atoms with Crippen molar-refractivity contribution in [3.63, 3.8) is 0 Å². The molecule has 1 aromatic carbocycles. The molecule has 1 aliphatic carbocycles. The minimum absolute atomic E-state index is 0.150.